The molecule has 0 N–H and O–H groups in total. The number of aryl methyl sites for hydroxylation is 1. The van der Waals surface area contributed by atoms with Gasteiger partial charge in [-0.25, -0.2) is 0 Å². The van der Waals surface area contributed by atoms with Crippen LogP contribution in [0, 0.1) is 6.92 Å². The lowest BCUT2D eigenvalue weighted by molar-refractivity contribution is 0.0971. The van der Waals surface area contributed by atoms with E-state index in [-0.39, 0.29) is 17.1 Å². The van der Waals surface area contributed by atoms with Crippen LogP contribution in [-0.4, -0.2) is 13.0 Å². The molecule has 0 spiro atoms. The highest BCUT2D eigenvalue weighted by Crippen LogP contribution is 2.41. The lowest BCUT2D eigenvalue weighted by atomic mass is 9.98. The molecule has 1 aliphatic heterocycles. The van der Waals surface area contributed by atoms with Crippen LogP contribution in [0.25, 0.3) is 11.0 Å². The first kappa shape index (κ1) is 18.2. The van der Waals surface area contributed by atoms with Gasteiger partial charge in [-0.3, -0.25) is 14.5 Å². The van der Waals surface area contributed by atoms with E-state index in [0.29, 0.717) is 28.0 Å². The van der Waals surface area contributed by atoms with Gasteiger partial charge in [-0.2, -0.15) is 0 Å². The highest BCUT2D eigenvalue weighted by Gasteiger charge is 2.43. The molecule has 1 atom stereocenters. The quantitative estimate of drug-likeness (QED) is 0.495. The molecule has 5 heteroatoms. The van der Waals surface area contributed by atoms with Crippen molar-refractivity contribution in [3.63, 3.8) is 0 Å². The zero-order valence-corrected chi connectivity index (χ0v) is 16.6. The Labute approximate surface area is 173 Å². The van der Waals surface area contributed by atoms with Crippen LogP contribution in [0.15, 0.2) is 82.0 Å². The minimum Gasteiger partial charge on any atom is -0.497 e. The smallest absolute Gasteiger partial charge is 0.295 e. The second-order valence-corrected chi connectivity index (χ2v) is 7.36. The van der Waals surface area contributed by atoms with Gasteiger partial charge >= 0.3 is 0 Å². The normalized spacial score (nSPS) is 15.5. The predicted octanol–water partition coefficient (Wildman–Crippen LogP) is 4.86. The van der Waals surface area contributed by atoms with E-state index in [1.54, 1.807) is 24.1 Å². The number of anilines is 1. The van der Waals surface area contributed by atoms with Crippen LogP contribution in [-0.2, 0) is 0 Å². The van der Waals surface area contributed by atoms with E-state index in [1.165, 1.54) is 0 Å². The zero-order chi connectivity index (χ0) is 20.8. The molecule has 4 aromatic rings. The number of benzene rings is 3. The first-order valence-electron chi connectivity index (χ1n) is 9.68. The largest absolute Gasteiger partial charge is 0.497 e. The molecule has 0 fully saturated rings. The number of fused-ring (bicyclic) bond motifs is 2. The van der Waals surface area contributed by atoms with Crippen molar-refractivity contribution in [2.24, 2.45) is 0 Å². The average molecular weight is 397 g/mol. The third-order valence-electron chi connectivity index (χ3n) is 5.47. The first-order valence-corrected chi connectivity index (χ1v) is 9.68. The van der Waals surface area contributed by atoms with Crippen molar-refractivity contribution in [2.45, 2.75) is 13.0 Å². The summed E-state index contributed by atoms with van der Waals surface area (Å²) in [5.74, 6) is 0.378. The Morgan fingerprint density at radius 3 is 2.50 bits per heavy atom. The summed E-state index contributed by atoms with van der Waals surface area (Å²) in [6, 6.07) is 21.6. The summed E-state index contributed by atoms with van der Waals surface area (Å²) in [4.78, 5) is 28.6. The molecule has 0 radical (unpaired) electrons. The maximum absolute atomic E-state index is 13.5. The van der Waals surface area contributed by atoms with E-state index in [0.717, 1.165) is 11.1 Å². The van der Waals surface area contributed by atoms with Gasteiger partial charge in [-0.05, 0) is 36.8 Å². The van der Waals surface area contributed by atoms with E-state index >= 15 is 0 Å². The number of amides is 1. The van der Waals surface area contributed by atoms with Crippen molar-refractivity contribution < 1.29 is 13.9 Å². The maximum atomic E-state index is 13.5. The molecule has 0 aliphatic carbocycles. The molecule has 0 saturated carbocycles. The highest BCUT2D eigenvalue weighted by atomic mass is 16.5. The minimum atomic E-state index is -0.582. The molecule has 148 valence electrons. The van der Waals surface area contributed by atoms with Gasteiger partial charge in [0.1, 0.15) is 11.3 Å². The van der Waals surface area contributed by atoms with Gasteiger partial charge in [0.2, 0.25) is 5.76 Å². The van der Waals surface area contributed by atoms with Crippen LogP contribution in [0.5, 0.6) is 5.75 Å². The molecule has 3 aromatic carbocycles. The van der Waals surface area contributed by atoms with Crippen LogP contribution in [0.4, 0.5) is 5.69 Å². The van der Waals surface area contributed by atoms with Crippen molar-refractivity contribution in [2.75, 3.05) is 12.0 Å². The van der Waals surface area contributed by atoms with E-state index in [9.17, 15) is 9.59 Å². The van der Waals surface area contributed by atoms with Crippen LogP contribution in [0.2, 0.25) is 0 Å². The van der Waals surface area contributed by atoms with Crippen molar-refractivity contribution in [3.05, 3.63) is 105 Å². The molecule has 1 amide bonds. The van der Waals surface area contributed by atoms with Gasteiger partial charge in [-0.1, -0.05) is 48.0 Å². The van der Waals surface area contributed by atoms with E-state index in [4.69, 9.17) is 9.15 Å². The Hall–Kier alpha value is -3.86. The Kier molecular flexibility index (Phi) is 4.17. The average Bonchev–Trinajstić information content (AvgIpc) is 3.07. The van der Waals surface area contributed by atoms with Crippen molar-refractivity contribution in [1.82, 2.24) is 0 Å². The summed E-state index contributed by atoms with van der Waals surface area (Å²) in [5, 5.41) is 0.481. The third kappa shape index (κ3) is 2.70. The number of rotatable bonds is 3. The lowest BCUT2D eigenvalue weighted by Gasteiger charge is -2.25. The minimum absolute atomic E-state index is 0.0908. The fourth-order valence-electron chi connectivity index (χ4n) is 4.06. The van der Waals surface area contributed by atoms with Crippen molar-refractivity contribution >= 4 is 22.6 Å². The van der Waals surface area contributed by atoms with Crippen molar-refractivity contribution in [1.29, 1.82) is 0 Å². The Morgan fingerprint density at radius 1 is 0.933 bits per heavy atom. The molecule has 5 nitrogen and oxygen atoms in total. The maximum Gasteiger partial charge on any atom is 0.295 e. The number of ether oxygens (including phenoxy) is 1. The highest BCUT2D eigenvalue weighted by molar-refractivity contribution is 6.10. The molecule has 1 unspecified atom stereocenters. The van der Waals surface area contributed by atoms with Gasteiger partial charge in [0.15, 0.2) is 5.43 Å². The van der Waals surface area contributed by atoms with Gasteiger partial charge in [0.25, 0.3) is 5.91 Å². The SMILES string of the molecule is COc1cccc(N2C(=O)c3oc4ccc(C)cc4c(=O)c3C2c2ccccc2)c1. The number of carbonyl (C=O) groups excluding carboxylic acids is 1. The summed E-state index contributed by atoms with van der Waals surface area (Å²) < 4.78 is 11.3. The van der Waals surface area contributed by atoms with E-state index in [1.807, 2.05) is 67.6 Å². The number of hydrogen-bond donors (Lipinski definition) is 0. The molecule has 2 heterocycles. The fraction of sp³-hybridized carbons (Fsp3) is 0.120. The topological polar surface area (TPSA) is 59.8 Å². The van der Waals surface area contributed by atoms with Gasteiger partial charge in [-0.15, -0.1) is 0 Å². The molecule has 0 saturated heterocycles. The summed E-state index contributed by atoms with van der Waals surface area (Å²) >= 11 is 0. The van der Waals surface area contributed by atoms with Crippen LogP contribution >= 0.6 is 0 Å². The molecular weight excluding hydrogens is 378 g/mol. The molecule has 1 aromatic heterocycles. The predicted molar refractivity (Wildman–Crippen MR) is 115 cm³/mol. The summed E-state index contributed by atoms with van der Waals surface area (Å²) in [6.07, 6.45) is 0. The van der Waals surface area contributed by atoms with Crippen LogP contribution in [0.3, 0.4) is 0 Å². The van der Waals surface area contributed by atoms with E-state index in [2.05, 4.69) is 0 Å². The molecule has 5 rings (SSSR count). The fourth-order valence-corrected chi connectivity index (χ4v) is 4.06. The summed E-state index contributed by atoms with van der Waals surface area (Å²) in [5.41, 5.74) is 3.04. The van der Waals surface area contributed by atoms with Gasteiger partial charge < -0.3 is 9.15 Å². The Morgan fingerprint density at radius 2 is 1.73 bits per heavy atom. The molecule has 1 aliphatic rings. The number of hydrogen-bond acceptors (Lipinski definition) is 4. The molecule has 0 bridgehead atoms. The summed E-state index contributed by atoms with van der Waals surface area (Å²) in [6.45, 7) is 1.93. The van der Waals surface area contributed by atoms with Crippen LogP contribution < -0.4 is 15.1 Å². The van der Waals surface area contributed by atoms with Crippen molar-refractivity contribution in [3.8, 4) is 5.75 Å². The summed E-state index contributed by atoms with van der Waals surface area (Å²) in [7, 11) is 1.58. The number of methoxy groups -OCH3 is 1. The second-order valence-electron chi connectivity index (χ2n) is 7.36. The monoisotopic (exact) mass is 397 g/mol. The lowest BCUT2D eigenvalue weighted by Crippen LogP contribution is -2.29. The molecule has 30 heavy (non-hydrogen) atoms. The van der Waals surface area contributed by atoms with Gasteiger partial charge in [0, 0.05) is 11.8 Å². The Balaban J connectivity index is 1.81. The van der Waals surface area contributed by atoms with Crippen LogP contribution in [0.1, 0.15) is 33.3 Å². The number of nitrogens with zero attached hydrogens (tertiary/aromatic N) is 1. The third-order valence-corrected chi connectivity index (χ3v) is 5.47. The molecular formula is C25H19NO4. The zero-order valence-electron chi connectivity index (χ0n) is 16.6. The van der Waals surface area contributed by atoms with E-state index < -0.39 is 6.04 Å². The standard InChI is InChI=1S/C25H19NO4/c1-15-11-12-20-19(13-15)23(27)21-22(16-7-4-3-5-8-16)26(25(28)24(21)30-20)17-9-6-10-18(14-17)29-2/h3-14,22H,1-2H3. The first-order chi connectivity index (χ1) is 14.6. The Bertz CT molecular complexity index is 1340. The second kappa shape index (κ2) is 6.88. The number of carbonyl (C=O) groups is 1. The van der Waals surface area contributed by atoms with Gasteiger partial charge in [0.05, 0.1) is 24.1 Å².